The highest BCUT2D eigenvalue weighted by Gasteiger charge is 2.32. The third kappa shape index (κ3) is 6.98. The zero-order chi connectivity index (χ0) is 28.0. The monoisotopic (exact) mass is 539 g/mol. The van der Waals surface area contributed by atoms with Gasteiger partial charge < -0.3 is 10.2 Å². The third-order valence-electron chi connectivity index (χ3n) is 6.17. The number of likely N-dealkylation sites (N-methyl/N-ethyl adjacent to an activating group) is 1. The van der Waals surface area contributed by atoms with Crippen molar-refractivity contribution in [2.75, 3.05) is 17.4 Å². The lowest BCUT2D eigenvalue weighted by Crippen LogP contribution is -2.51. The first-order valence-corrected chi connectivity index (χ1v) is 13.9. The molecule has 0 bridgehead atoms. The van der Waals surface area contributed by atoms with Crippen LogP contribution in [0, 0.1) is 26.6 Å². The molecule has 1 atom stereocenters. The lowest BCUT2D eigenvalue weighted by molar-refractivity contribution is -0.139. The number of sulfonamides is 1. The van der Waals surface area contributed by atoms with Crippen LogP contribution < -0.4 is 9.62 Å². The molecule has 0 unspecified atom stereocenters. The summed E-state index contributed by atoms with van der Waals surface area (Å²) in [6.07, 6.45) is 0. The number of aryl methyl sites for hydroxylation is 3. The van der Waals surface area contributed by atoms with Crippen LogP contribution in [0.2, 0.25) is 0 Å². The van der Waals surface area contributed by atoms with E-state index in [1.165, 1.54) is 41.3 Å². The van der Waals surface area contributed by atoms with Gasteiger partial charge in [0, 0.05) is 13.1 Å². The SMILES string of the molecule is CCNC(=O)[C@H](C)N(Cc1ccc(F)cc1)C(=O)CN(c1cc(C)cc(C)c1)S(=O)(=O)c1ccc(C)cc1. The molecule has 202 valence electrons. The summed E-state index contributed by atoms with van der Waals surface area (Å²) in [5.41, 5.74) is 3.55. The molecular weight excluding hydrogens is 505 g/mol. The van der Waals surface area contributed by atoms with Gasteiger partial charge in [-0.25, -0.2) is 12.8 Å². The molecule has 0 fully saturated rings. The molecule has 1 N–H and O–H groups in total. The van der Waals surface area contributed by atoms with Crippen molar-refractivity contribution in [2.24, 2.45) is 0 Å². The Morgan fingerprint density at radius 2 is 1.47 bits per heavy atom. The average Bonchev–Trinajstić information content (AvgIpc) is 2.86. The molecule has 0 radical (unpaired) electrons. The second-order valence-electron chi connectivity index (χ2n) is 9.39. The number of rotatable bonds is 10. The van der Waals surface area contributed by atoms with Crippen LogP contribution in [0.4, 0.5) is 10.1 Å². The maximum Gasteiger partial charge on any atom is 0.264 e. The fourth-order valence-electron chi connectivity index (χ4n) is 4.15. The zero-order valence-corrected chi connectivity index (χ0v) is 23.2. The van der Waals surface area contributed by atoms with Crippen molar-refractivity contribution in [3.05, 3.63) is 94.8 Å². The summed E-state index contributed by atoms with van der Waals surface area (Å²) in [5, 5.41) is 2.71. The van der Waals surface area contributed by atoms with E-state index in [9.17, 15) is 22.4 Å². The summed E-state index contributed by atoms with van der Waals surface area (Å²) in [6.45, 7) is 8.78. The van der Waals surface area contributed by atoms with Crippen molar-refractivity contribution < 1.29 is 22.4 Å². The van der Waals surface area contributed by atoms with Crippen LogP contribution in [0.1, 0.15) is 36.1 Å². The highest BCUT2D eigenvalue weighted by atomic mass is 32.2. The van der Waals surface area contributed by atoms with E-state index in [0.29, 0.717) is 17.8 Å². The molecule has 0 saturated heterocycles. The molecule has 3 aromatic carbocycles. The van der Waals surface area contributed by atoms with Crippen LogP contribution in [-0.4, -0.2) is 44.3 Å². The van der Waals surface area contributed by atoms with Gasteiger partial charge in [-0.1, -0.05) is 35.9 Å². The van der Waals surface area contributed by atoms with Crippen LogP contribution >= 0.6 is 0 Å². The predicted octanol–water partition coefficient (Wildman–Crippen LogP) is 4.50. The molecule has 38 heavy (non-hydrogen) atoms. The molecule has 0 aliphatic heterocycles. The van der Waals surface area contributed by atoms with E-state index in [0.717, 1.165) is 21.0 Å². The van der Waals surface area contributed by atoms with Gasteiger partial charge in [0.1, 0.15) is 18.4 Å². The number of hydrogen-bond donors (Lipinski definition) is 1. The number of nitrogens with zero attached hydrogens (tertiary/aromatic N) is 2. The maximum absolute atomic E-state index is 13.9. The van der Waals surface area contributed by atoms with Crippen molar-refractivity contribution in [1.82, 2.24) is 10.2 Å². The van der Waals surface area contributed by atoms with Crippen LogP contribution in [0.3, 0.4) is 0 Å². The molecule has 7 nitrogen and oxygen atoms in total. The second-order valence-corrected chi connectivity index (χ2v) is 11.3. The van der Waals surface area contributed by atoms with Crippen molar-refractivity contribution in [1.29, 1.82) is 0 Å². The van der Waals surface area contributed by atoms with E-state index in [1.807, 2.05) is 26.8 Å². The van der Waals surface area contributed by atoms with Crippen molar-refractivity contribution in [3.8, 4) is 0 Å². The second kappa shape index (κ2) is 12.2. The first kappa shape index (κ1) is 28.8. The smallest absolute Gasteiger partial charge is 0.264 e. The summed E-state index contributed by atoms with van der Waals surface area (Å²) in [4.78, 5) is 27.9. The first-order chi connectivity index (χ1) is 17.9. The molecule has 0 aromatic heterocycles. The van der Waals surface area contributed by atoms with Crippen molar-refractivity contribution >= 4 is 27.5 Å². The lowest BCUT2D eigenvalue weighted by Gasteiger charge is -2.32. The minimum atomic E-state index is -4.13. The Bertz CT molecular complexity index is 1370. The van der Waals surface area contributed by atoms with Gasteiger partial charge in [0.2, 0.25) is 11.8 Å². The number of benzene rings is 3. The lowest BCUT2D eigenvalue weighted by atomic mass is 10.1. The summed E-state index contributed by atoms with van der Waals surface area (Å²) < 4.78 is 42.3. The summed E-state index contributed by atoms with van der Waals surface area (Å²) >= 11 is 0. The van der Waals surface area contributed by atoms with Gasteiger partial charge >= 0.3 is 0 Å². The minimum absolute atomic E-state index is 0.00266. The fraction of sp³-hybridized carbons (Fsp3) is 0.310. The van der Waals surface area contributed by atoms with E-state index in [-0.39, 0.29) is 17.3 Å². The molecule has 0 saturated carbocycles. The molecule has 0 spiro atoms. The van der Waals surface area contributed by atoms with E-state index >= 15 is 0 Å². The Balaban J connectivity index is 2.06. The molecular formula is C29H34FN3O4S. The molecule has 3 aromatic rings. The average molecular weight is 540 g/mol. The minimum Gasteiger partial charge on any atom is -0.355 e. The molecule has 3 rings (SSSR count). The fourth-order valence-corrected chi connectivity index (χ4v) is 5.55. The number of amides is 2. The Kier molecular flexibility index (Phi) is 9.27. The zero-order valence-electron chi connectivity index (χ0n) is 22.4. The maximum atomic E-state index is 13.9. The van der Waals surface area contributed by atoms with Gasteiger partial charge in [0.25, 0.3) is 10.0 Å². The molecule has 0 heterocycles. The first-order valence-electron chi connectivity index (χ1n) is 12.4. The summed E-state index contributed by atoms with van der Waals surface area (Å²) in [5.74, 6) is -1.36. The predicted molar refractivity (Wildman–Crippen MR) is 147 cm³/mol. The number of anilines is 1. The van der Waals surface area contributed by atoms with Gasteiger partial charge in [-0.15, -0.1) is 0 Å². The molecule has 0 aliphatic rings. The van der Waals surface area contributed by atoms with Gasteiger partial charge in [0.05, 0.1) is 10.6 Å². The molecule has 9 heteroatoms. The Morgan fingerprint density at radius 1 is 0.895 bits per heavy atom. The third-order valence-corrected chi connectivity index (χ3v) is 7.95. The highest BCUT2D eigenvalue weighted by molar-refractivity contribution is 7.92. The Hall–Kier alpha value is -3.72. The number of nitrogens with one attached hydrogen (secondary N) is 1. The Morgan fingerprint density at radius 3 is 2.03 bits per heavy atom. The van der Waals surface area contributed by atoms with Crippen LogP contribution in [0.25, 0.3) is 0 Å². The standard InChI is InChI=1S/C29H34FN3O4S/c1-6-31-29(35)23(5)32(18-24-9-11-25(30)12-10-24)28(34)19-33(26-16-21(3)15-22(4)17-26)38(36,37)27-13-7-20(2)8-14-27/h7-17,23H,6,18-19H2,1-5H3,(H,31,35)/t23-/m0/s1. The normalized spacial score (nSPS) is 12.1. The van der Waals surface area contributed by atoms with Crippen LogP contribution in [0.5, 0.6) is 0 Å². The number of carbonyl (C=O) groups is 2. The van der Waals surface area contributed by atoms with E-state index < -0.39 is 34.3 Å². The van der Waals surface area contributed by atoms with Gasteiger partial charge in [-0.05, 0) is 87.7 Å². The number of hydrogen-bond acceptors (Lipinski definition) is 4. The topological polar surface area (TPSA) is 86.8 Å². The van der Waals surface area contributed by atoms with Gasteiger partial charge in [-0.2, -0.15) is 0 Å². The molecule has 0 aliphatic carbocycles. The Labute approximate surface area is 224 Å². The van der Waals surface area contributed by atoms with Crippen molar-refractivity contribution in [3.63, 3.8) is 0 Å². The number of halogens is 1. The molecule has 2 amide bonds. The van der Waals surface area contributed by atoms with Crippen LogP contribution in [0.15, 0.2) is 71.6 Å². The largest absolute Gasteiger partial charge is 0.355 e. The summed E-state index contributed by atoms with van der Waals surface area (Å²) in [7, 11) is -4.13. The van der Waals surface area contributed by atoms with Crippen molar-refractivity contribution in [2.45, 2.75) is 52.1 Å². The van der Waals surface area contributed by atoms with Crippen LogP contribution in [-0.2, 0) is 26.2 Å². The van der Waals surface area contributed by atoms with E-state index in [2.05, 4.69) is 5.32 Å². The van der Waals surface area contributed by atoms with Gasteiger partial charge in [0.15, 0.2) is 0 Å². The van der Waals surface area contributed by atoms with Gasteiger partial charge in [-0.3, -0.25) is 13.9 Å². The quantitative estimate of drug-likeness (QED) is 0.411. The van der Waals surface area contributed by atoms with E-state index in [1.54, 1.807) is 38.1 Å². The highest BCUT2D eigenvalue weighted by Crippen LogP contribution is 2.27. The number of carbonyl (C=O) groups excluding carboxylic acids is 2. The van der Waals surface area contributed by atoms with E-state index in [4.69, 9.17) is 0 Å². The summed E-state index contributed by atoms with van der Waals surface area (Å²) in [6, 6.07) is 16.5.